The van der Waals surface area contributed by atoms with Gasteiger partial charge in [0.25, 0.3) is 5.56 Å². The largest absolute Gasteiger partial charge is 0.378 e. The molecule has 0 aliphatic carbocycles. The summed E-state index contributed by atoms with van der Waals surface area (Å²) in [6.45, 7) is 1.73. The normalized spacial score (nSPS) is 10.4. The molecule has 72 valence electrons. The molecule has 1 heterocycles. The molecule has 2 rings (SSSR count). The molecular formula is C10H8BrNO2. The lowest BCUT2D eigenvalue weighted by molar-refractivity contribution is 0.425. The van der Waals surface area contributed by atoms with Crippen molar-refractivity contribution in [3.05, 3.63) is 44.7 Å². The minimum atomic E-state index is -0.181. The Morgan fingerprint density at radius 2 is 2.21 bits per heavy atom. The molecule has 2 aromatic rings. The molecule has 0 radical (unpaired) electrons. The molecule has 0 saturated heterocycles. The van der Waals surface area contributed by atoms with E-state index in [9.17, 15) is 4.79 Å². The predicted octanol–water partition coefficient (Wildman–Crippen LogP) is 2.71. The molecule has 0 amide bonds. The highest BCUT2D eigenvalue weighted by atomic mass is 79.9. The van der Waals surface area contributed by atoms with Gasteiger partial charge in [0.15, 0.2) is 5.76 Å². The highest BCUT2D eigenvalue weighted by Crippen LogP contribution is 2.23. The molecule has 14 heavy (non-hydrogen) atoms. The minimum absolute atomic E-state index is 0.181. The molecule has 1 N–H and O–H groups in total. The molecule has 0 unspecified atom stereocenters. The van der Waals surface area contributed by atoms with Crippen LogP contribution in [0.25, 0.3) is 11.3 Å². The first-order valence-electron chi connectivity index (χ1n) is 4.12. The molecule has 0 atom stereocenters. The van der Waals surface area contributed by atoms with E-state index in [-0.39, 0.29) is 5.56 Å². The van der Waals surface area contributed by atoms with Crippen LogP contribution in [0.5, 0.6) is 0 Å². The molecule has 3 nitrogen and oxygen atoms in total. The molecule has 1 aromatic carbocycles. The van der Waals surface area contributed by atoms with Crippen LogP contribution >= 0.6 is 15.9 Å². The summed E-state index contributed by atoms with van der Waals surface area (Å²) in [5, 5.41) is 2.31. The van der Waals surface area contributed by atoms with Gasteiger partial charge in [0, 0.05) is 10.0 Å². The average molecular weight is 254 g/mol. The van der Waals surface area contributed by atoms with Gasteiger partial charge in [0.05, 0.1) is 5.56 Å². The van der Waals surface area contributed by atoms with Crippen molar-refractivity contribution in [1.29, 1.82) is 0 Å². The third-order valence-corrected chi connectivity index (χ3v) is 2.51. The first kappa shape index (κ1) is 9.27. The quantitative estimate of drug-likeness (QED) is 0.850. The van der Waals surface area contributed by atoms with E-state index < -0.39 is 0 Å². The van der Waals surface area contributed by atoms with E-state index >= 15 is 0 Å². The maximum Gasteiger partial charge on any atom is 0.283 e. The number of nitrogens with one attached hydrogen (secondary N) is 1. The van der Waals surface area contributed by atoms with Crippen molar-refractivity contribution in [2.24, 2.45) is 0 Å². The fourth-order valence-corrected chi connectivity index (χ4v) is 1.66. The number of halogens is 1. The molecule has 0 spiro atoms. The summed E-state index contributed by atoms with van der Waals surface area (Å²) in [4.78, 5) is 11.1. The maximum absolute atomic E-state index is 11.1. The van der Waals surface area contributed by atoms with E-state index in [4.69, 9.17) is 4.52 Å². The van der Waals surface area contributed by atoms with Crippen molar-refractivity contribution >= 4 is 15.9 Å². The van der Waals surface area contributed by atoms with E-state index in [0.29, 0.717) is 11.3 Å². The summed E-state index contributed by atoms with van der Waals surface area (Å²) in [5.74, 6) is 0.594. The Hall–Kier alpha value is -1.29. The van der Waals surface area contributed by atoms with Crippen LogP contribution in [0.4, 0.5) is 0 Å². The van der Waals surface area contributed by atoms with E-state index in [1.807, 2.05) is 24.3 Å². The van der Waals surface area contributed by atoms with Gasteiger partial charge >= 0.3 is 0 Å². The summed E-state index contributed by atoms with van der Waals surface area (Å²) in [7, 11) is 0. The van der Waals surface area contributed by atoms with E-state index in [1.54, 1.807) is 6.92 Å². The molecule has 0 aliphatic rings. The Morgan fingerprint density at radius 1 is 1.43 bits per heavy atom. The SMILES string of the molecule is Cc1c(-c2cccc(Br)c2)o[nH]c1=O. The zero-order valence-electron chi connectivity index (χ0n) is 7.50. The van der Waals surface area contributed by atoms with Crippen LogP contribution in [0, 0.1) is 6.92 Å². The van der Waals surface area contributed by atoms with Gasteiger partial charge in [-0.3, -0.25) is 4.79 Å². The smallest absolute Gasteiger partial charge is 0.283 e. The summed E-state index contributed by atoms with van der Waals surface area (Å²) < 4.78 is 6.03. The van der Waals surface area contributed by atoms with Gasteiger partial charge in [-0.15, -0.1) is 0 Å². The lowest BCUT2D eigenvalue weighted by Crippen LogP contribution is -2.00. The first-order valence-corrected chi connectivity index (χ1v) is 4.92. The van der Waals surface area contributed by atoms with Crippen LogP contribution in [0.2, 0.25) is 0 Å². The van der Waals surface area contributed by atoms with Crippen molar-refractivity contribution < 1.29 is 4.52 Å². The van der Waals surface area contributed by atoms with Crippen LogP contribution < -0.4 is 5.56 Å². The zero-order chi connectivity index (χ0) is 10.1. The van der Waals surface area contributed by atoms with E-state index in [1.165, 1.54) is 0 Å². The van der Waals surface area contributed by atoms with Crippen molar-refractivity contribution in [3.8, 4) is 11.3 Å². The second kappa shape index (κ2) is 3.46. The molecular weight excluding hydrogens is 246 g/mol. The van der Waals surface area contributed by atoms with Crippen LogP contribution in [0.1, 0.15) is 5.56 Å². The van der Waals surface area contributed by atoms with Crippen LogP contribution in [-0.2, 0) is 0 Å². The number of rotatable bonds is 1. The third kappa shape index (κ3) is 1.53. The Labute approximate surface area is 88.8 Å². The van der Waals surface area contributed by atoms with Gasteiger partial charge in [-0.2, -0.15) is 5.16 Å². The summed E-state index contributed by atoms with van der Waals surface area (Å²) in [5.41, 5.74) is 1.30. The fourth-order valence-electron chi connectivity index (χ4n) is 1.26. The minimum Gasteiger partial charge on any atom is -0.378 e. The van der Waals surface area contributed by atoms with Gasteiger partial charge in [-0.05, 0) is 19.1 Å². The Kier molecular flexibility index (Phi) is 2.29. The fraction of sp³-hybridized carbons (Fsp3) is 0.100. The second-order valence-electron chi connectivity index (χ2n) is 3.00. The molecule has 0 saturated carbocycles. The Bertz CT molecular complexity index is 513. The molecule has 0 bridgehead atoms. The van der Waals surface area contributed by atoms with Crippen LogP contribution in [0.15, 0.2) is 38.1 Å². The number of H-pyrrole nitrogens is 1. The molecule has 4 heteroatoms. The van der Waals surface area contributed by atoms with Gasteiger partial charge in [-0.1, -0.05) is 28.1 Å². The predicted molar refractivity (Wildman–Crippen MR) is 57.2 cm³/mol. The van der Waals surface area contributed by atoms with Gasteiger partial charge in [0.1, 0.15) is 0 Å². The Morgan fingerprint density at radius 3 is 2.79 bits per heavy atom. The average Bonchev–Trinajstić information content (AvgIpc) is 2.48. The highest BCUT2D eigenvalue weighted by Gasteiger charge is 2.09. The van der Waals surface area contributed by atoms with Crippen LogP contribution in [0.3, 0.4) is 0 Å². The monoisotopic (exact) mass is 253 g/mol. The second-order valence-corrected chi connectivity index (χ2v) is 3.91. The van der Waals surface area contributed by atoms with Crippen molar-refractivity contribution in [3.63, 3.8) is 0 Å². The van der Waals surface area contributed by atoms with Crippen LogP contribution in [-0.4, -0.2) is 5.16 Å². The summed E-state index contributed by atoms with van der Waals surface area (Å²) in [6.07, 6.45) is 0. The highest BCUT2D eigenvalue weighted by molar-refractivity contribution is 9.10. The van der Waals surface area contributed by atoms with Gasteiger partial charge in [-0.25, -0.2) is 0 Å². The molecule has 1 aromatic heterocycles. The van der Waals surface area contributed by atoms with Gasteiger partial charge in [0.2, 0.25) is 0 Å². The van der Waals surface area contributed by atoms with Crippen molar-refractivity contribution in [2.75, 3.05) is 0 Å². The standard InChI is InChI=1S/C10H8BrNO2/c1-6-9(14-12-10(6)13)7-3-2-4-8(11)5-7/h2-5H,1H3,(H,12,13). The van der Waals surface area contributed by atoms with E-state index in [2.05, 4.69) is 21.1 Å². The Balaban J connectivity index is 2.60. The number of aromatic amines is 1. The van der Waals surface area contributed by atoms with Crippen molar-refractivity contribution in [2.45, 2.75) is 6.92 Å². The summed E-state index contributed by atoms with van der Waals surface area (Å²) >= 11 is 3.36. The lowest BCUT2D eigenvalue weighted by Gasteiger charge is -1.97. The number of hydrogen-bond donors (Lipinski definition) is 1. The molecule has 0 aliphatic heterocycles. The number of hydrogen-bond acceptors (Lipinski definition) is 2. The number of aromatic nitrogens is 1. The zero-order valence-corrected chi connectivity index (χ0v) is 9.09. The van der Waals surface area contributed by atoms with Gasteiger partial charge < -0.3 is 4.52 Å². The third-order valence-electron chi connectivity index (χ3n) is 2.01. The topological polar surface area (TPSA) is 46.0 Å². The van der Waals surface area contributed by atoms with Crippen molar-refractivity contribution in [1.82, 2.24) is 5.16 Å². The lowest BCUT2D eigenvalue weighted by atomic mass is 10.1. The molecule has 0 fully saturated rings. The van der Waals surface area contributed by atoms with E-state index in [0.717, 1.165) is 10.0 Å². The maximum atomic E-state index is 11.1. The summed E-state index contributed by atoms with van der Waals surface area (Å²) in [6, 6.07) is 7.61. The number of benzene rings is 1. The first-order chi connectivity index (χ1) is 6.68.